The second kappa shape index (κ2) is 6.11. The lowest BCUT2D eigenvalue weighted by molar-refractivity contribution is 0.124. The maximum absolute atomic E-state index is 5.33. The largest absolute Gasteiger partial charge is 0.380 e. The fourth-order valence-corrected chi connectivity index (χ4v) is 1.94. The van der Waals surface area contributed by atoms with Crippen LogP contribution in [0, 0.1) is 0 Å². The molecule has 0 saturated heterocycles. The number of hydrogen-bond donors (Lipinski definition) is 1. The SMILES string of the molecule is CCOCC(C)NC(C)c1nccs1. The van der Waals surface area contributed by atoms with Crippen LogP contribution in [0.1, 0.15) is 31.8 Å². The zero-order valence-corrected chi connectivity index (χ0v) is 9.80. The van der Waals surface area contributed by atoms with E-state index < -0.39 is 0 Å². The van der Waals surface area contributed by atoms with Crippen LogP contribution in [0.15, 0.2) is 11.6 Å². The van der Waals surface area contributed by atoms with E-state index in [1.165, 1.54) is 0 Å². The summed E-state index contributed by atoms with van der Waals surface area (Å²) in [6, 6.07) is 0.680. The van der Waals surface area contributed by atoms with Gasteiger partial charge in [0.15, 0.2) is 0 Å². The Kier molecular flexibility index (Phi) is 5.07. The second-order valence-electron chi connectivity index (χ2n) is 3.32. The number of hydrogen-bond acceptors (Lipinski definition) is 4. The van der Waals surface area contributed by atoms with Gasteiger partial charge in [-0.1, -0.05) is 0 Å². The third kappa shape index (κ3) is 3.74. The average molecular weight is 214 g/mol. The van der Waals surface area contributed by atoms with E-state index in [1.54, 1.807) is 11.3 Å². The van der Waals surface area contributed by atoms with Gasteiger partial charge < -0.3 is 10.1 Å². The first-order chi connectivity index (χ1) is 6.74. The summed E-state index contributed by atoms with van der Waals surface area (Å²) in [5.74, 6) is 0. The first-order valence-corrected chi connectivity index (χ1v) is 5.85. The van der Waals surface area contributed by atoms with Crippen LogP contribution in [0.25, 0.3) is 0 Å². The van der Waals surface area contributed by atoms with Crippen LogP contribution in [0.3, 0.4) is 0 Å². The number of nitrogens with one attached hydrogen (secondary N) is 1. The lowest BCUT2D eigenvalue weighted by atomic mass is 10.3. The molecule has 14 heavy (non-hydrogen) atoms. The molecule has 0 fully saturated rings. The van der Waals surface area contributed by atoms with Crippen LogP contribution in [0.4, 0.5) is 0 Å². The average Bonchev–Trinajstić information content (AvgIpc) is 2.67. The highest BCUT2D eigenvalue weighted by Crippen LogP contribution is 2.15. The molecule has 80 valence electrons. The summed E-state index contributed by atoms with van der Waals surface area (Å²) < 4.78 is 5.33. The fraction of sp³-hybridized carbons (Fsp3) is 0.700. The Morgan fingerprint density at radius 3 is 2.93 bits per heavy atom. The van der Waals surface area contributed by atoms with Crippen molar-refractivity contribution in [1.82, 2.24) is 10.3 Å². The molecule has 3 nitrogen and oxygen atoms in total. The molecule has 0 aromatic carbocycles. The van der Waals surface area contributed by atoms with Gasteiger partial charge in [-0.25, -0.2) is 4.98 Å². The van der Waals surface area contributed by atoms with E-state index in [2.05, 4.69) is 24.1 Å². The quantitative estimate of drug-likeness (QED) is 0.788. The van der Waals surface area contributed by atoms with Crippen molar-refractivity contribution in [3.8, 4) is 0 Å². The van der Waals surface area contributed by atoms with Gasteiger partial charge in [0.2, 0.25) is 0 Å². The Morgan fingerprint density at radius 2 is 2.36 bits per heavy atom. The summed E-state index contributed by atoms with van der Waals surface area (Å²) >= 11 is 1.68. The Hall–Kier alpha value is -0.450. The zero-order valence-electron chi connectivity index (χ0n) is 8.99. The normalized spacial score (nSPS) is 15.4. The molecule has 0 spiro atoms. The lowest BCUT2D eigenvalue weighted by Crippen LogP contribution is -2.32. The third-order valence-corrected chi connectivity index (χ3v) is 2.89. The summed E-state index contributed by atoms with van der Waals surface area (Å²) in [6.45, 7) is 7.79. The fourth-order valence-electron chi connectivity index (χ4n) is 1.29. The monoisotopic (exact) mass is 214 g/mol. The molecule has 1 N–H and O–H groups in total. The van der Waals surface area contributed by atoms with Crippen molar-refractivity contribution in [2.24, 2.45) is 0 Å². The van der Waals surface area contributed by atoms with Crippen LogP contribution in [0.2, 0.25) is 0 Å². The molecule has 1 heterocycles. The van der Waals surface area contributed by atoms with E-state index in [-0.39, 0.29) is 0 Å². The Morgan fingerprint density at radius 1 is 1.57 bits per heavy atom. The molecule has 1 aromatic rings. The van der Waals surface area contributed by atoms with Crippen LogP contribution in [0.5, 0.6) is 0 Å². The molecular formula is C10H18N2OS. The zero-order chi connectivity index (χ0) is 10.4. The maximum Gasteiger partial charge on any atom is 0.109 e. The highest BCUT2D eigenvalue weighted by molar-refractivity contribution is 7.09. The minimum atomic E-state index is 0.311. The van der Waals surface area contributed by atoms with Gasteiger partial charge in [0, 0.05) is 24.2 Å². The maximum atomic E-state index is 5.33. The summed E-state index contributed by atoms with van der Waals surface area (Å²) in [6.07, 6.45) is 1.84. The van der Waals surface area contributed by atoms with Crippen molar-refractivity contribution in [2.45, 2.75) is 32.9 Å². The van der Waals surface area contributed by atoms with Gasteiger partial charge in [-0.3, -0.25) is 0 Å². The lowest BCUT2D eigenvalue weighted by Gasteiger charge is -2.17. The molecule has 1 rings (SSSR count). The summed E-state index contributed by atoms with van der Waals surface area (Å²) in [7, 11) is 0. The molecule has 0 aliphatic carbocycles. The minimum Gasteiger partial charge on any atom is -0.380 e. The van der Waals surface area contributed by atoms with E-state index in [4.69, 9.17) is 4.74 Å². The van der Waals surface area contributed by atoms with Gasteiger partial charge in [-0.2, -0.15) is 0 Å². The van der Waals surface area contributed by atoms with Crippen molar-refractivity contribution in [2.75, 3.05) is 13.2 Å². The standard InChI is InChI=1S/C10H18N2OS/c1-4-13-7-8(2)12-9(3)10-11-5-6-14-10/h5-6,8-9,12H,4,7H2,1-3H3. The highest BCUT2D eigenvalue weighted by atomic mass is 32.1. The second-order valence-corrected chi connectivity index (χ2v) is 4.25. The van der Waals surface area contributed by atoms with Gasteiger partial charge in [0.05, 0.1) is 12.6 Å². The molecular weight excluding hydrogens is 196 g/mol. The minimum absolute atomic E-state index is 0.311. The predicted molar refractivity (Wildman–Crippen MR) is 59.6 cm³/mol. The molecule has 2 atom stereocenters. The predicted octanol–water partition coefficient (Wildman–Crippen LogP) is 2.22. The van der Waals surface area contributed by atoms with Gasteiger partial charge in [-0.05, 0) is 20.8 Å². The van der Waals surface area contributed by atoms with Crippen LogP contribution in [-0.4, -0.2) is 24.2 Å². The number of thiazole rings is 1. The molecule has 0 aliphatic heterocycles. The number of ether oxygens (including phenoxy) is 1. The first kappa shape index (κ1) is 11.6. The van der Waals surface area contributed by atoms with Crippen molar-refractivity contribution >= 4 is 11.3 Å². The summed E-state index contributed by atoms with van der Waals surface area (Å²) in [5.41, 5.74) is 0. The molecule has 0 saturated carbocycles. The van der Waals surface area contributed by atoms with Gasteiger partial charge >= 0.3 is 0 Å². The molecule has 0 aliphatic rings. The van der Waals surface area contributed by atoms with E-state index in [1.807, 2.05) is 18.5 Å². The van der Waals surface area contributed by atoms with Crippen LogP contribution < -0.4 is 5.32 Å². The van der Waals surface area contributed by atoms with Crippen molar-refractivity contribution in [1.29, 1.82) is 0 Å². The molecule has 0 radical (unpaired) electrons. The molecule has 4 heteroatoms. The summed E-state index contributed by atoms with van der Waals surface area (Å²) in [5, 5.41) is 6.57. The van der Waals surface area contributed by atoms with Crippen LogP contribution >= 0.6 is 11.3 Å². The van der Waals surface area contributed by atoms with Crippen molar-refractivity contribution in [3.63, 3.8) is 0 Å². The van der Waals surface area contributed by atoms with E-state index >= 15 is 0 Å². The van der Waals surface area contributed by atoms with E-state index in [0.717, 1.165) is 18.2 Å². The highest BCUT2D eigenvalue weighted by Gasteiger charge is 2.10. The topological polar surface area (TPSA) is 34.1 Å². The van der Waals surface area contributed by atoms with Gasteiger partial charge in [-0.15, -0.1) is 11.3 Å². The molecule has 0 amide bonds. The van der Waals surface area contributed by atoms with Gasteiger partial charge in [0.25, 0.3) is 0 Å². The smallest absolute Gasteiger partial charge is 0.109 e. The number of rotatable bonds is 6. The molecule has 2 unspecified atom stereocenters. The van der Waals surface area contributed by atoms with Crippen LogP contribution in [-0.2, 0) is 4.74 Å². The van der Waals surface area contributed by atoms with E-state index in [0.29, 0.717) is 12.1 Å². The first-order valence-electron chi connectivity index (χ1n) is 4.97. The number of nitrogens with zero attached hydrogens (tertiary/aromatic N) is 1. The Bertz CT molecular complexity index is 238. The Balaban J connectivity index is 2.29. The van der Waals surface area contributed by atoms with Crippen molar-refractivity contribution in [3.05, 3.63) is 16.6 Å². The van der Waals surface area contributed by atoms with Gasteiger partial charge in [0.1, 0.15) is 5.01 Å². The summed E-state index contributed by atoms with van der Waals surface area (Å²) in [4.78, 5) is 4.26. The Labute approximate surface area is 89.5 Å². The van der Waals surface area contributed by atoms with E-state index in [9.17, 15) is 0 Å². The molecule has 1 aromatic heterocycles. The van der Waals surface area contributed by atoms with Crippen molar-refractivity contribution < 1.29 is 4.74 Å². The molecule has 0 bridgehead atoms. The number of aromatic nitrogens is 1. The third-order valence-electron chi connectivity index (χ3n) is 1.93.